The predicted molar refractivity (Wildman–Crippen MR) is 74.5 cm³/mol. The van der Waals surface area contributed by atoms with E-state index in [1.54, 1.807) is 24.0 Å². The minimum absolute atomic E-state index is 0.0617. The molecule has 1 aliphatic rings. The van der Waals surface area contributed by atoms with Crippen LogP contribution in [-0.2, 0) is 11.3 Å². The molecule has 0 radical (unpaired) electrons. The quantitative estimate of drug-likeness (QED) is 0.860. The molecule has 2 atom stereocenters. The molecule has 2 rings (SSSR count). The van der Waals surface area contributed by atoms with Gasteiger partial charge in [-0.05, 0) is 31.2 Å². The van der Waals surface area contributed by atoms with Crippen molar-refractivity contribution in [3.63, 3.8) is 0 Å². The molecule has 1 fully saturated rings. The lowest BCUT2D eigenvalue weighted by Crippen LogP contribution is -2.40. The number of carboxylic acid groups (broad SMARTS) is 1. The molecular formula is C13H18N2O3S. The van der Waals surface area contributed by atoms with E-state index in [-0.39, 0.29) is 24.2 Å². The molecule has 2 unspecified atom stereocenters. The van der Waals surface area contributed by atoms with E-state index in [0.29, 0.717) is 5.25 Å². The first kappa shape index (κ1) is 14.0. The monoisotopic (exact) mass is 282 g/mol. The molecule has 1 aromatic heterocycles. The number of thioether (sulfide) groups is 1. The zero-order valence-corrected chi connectivity index (χ0v) is 11.7. The summed E-state index contributed by atoms with van der Waals surface area (Å²) in [6.07, 6.45) is 6.96. The second-order valence-electron chi connectivity index (χ2n) is 4.71. The van der Waals surface area contributed by atoms with E-state index in [4.69, 9.17) is 5.11 Å². The Balaban J connectivity index is 1.94. The smallest absolute Gasteiger partial charge is 0.352 e. The standard InChI is InChI=1S/C13H18N2O3S/c1-19-11-6-2-4-9(11)14-12(16)8-15-7-3-5-10(15)13(17)18/h3,5,7,9,11H,2,4,6,8H2,1H3,(H,14,16)(H,17,18). The Morgan fingerprint density at radius 3 is 3.00 bits per heavy atom. The molecule has 0 saturated heterocycles. The zero-order valence-electron chi connectivity index (χ0n) is 10.8. The van der Waals surface area contributed by atoms with Crippen molar-refractivity contribution in [1.82, 2.24) is 9.88 Å². The first-order chi connectivity index (χ1) is 9.11. The fourth-order valence-corrected chi connectivity index (χ4v) is 3.46. The van der Waals surface area contributed by atoms with Gasteiger partial charge in [-0.3, -0.25) is 4.79 Å². The highest BCUT2D eigenvalue weighted by molar-refractivity contribution is 7.99. The van der Waals surface area contributed by atoms with E-state index in [1.807, 2.05) is 0 Å². The molecule has 0 aliphatic heterocycles. The van der Waals surface area contributed by atoms with Crippen LogP contribution in [0.25, 0.3) is 0 Å². The Morgan fingerprint density at radius 1 is 1.53 bits per heavy atom. The van der Waals surface area contributed by atoms with Gasteiger partial charge in [0.1, 0.15) is 12.2 Å². The van der Waals surface area contributed by atoms with Crippen LogP contribution in [0.1, 0.15) is 29.8 Å². The van der Waals surface area contributed by atoms with Crippen molar-refractivity contribution in [2.75, 3.05) is 6.26 Å². The van der Waals surface area contributed by atoms with Crippen LogP contribution in [-0.4, -0.2) is 39.1 Å². The lowest BCUT2D eigenvalue weighted by molar-refractivity contribution is -0.122. The number of aromatic nitrogens is 1. The topological polar surface area (TPSA) is 71.3 Å². The van der Waals surface area contributed by atoms with Gasteiger partial charge in [-0.1, -0.05) is 6.42 Å². The summed E-state index contributed by atoms with van der Waals surface area (Å²) < 4.78 is 1.46. The number of nitrogens with zero attached hydrogens (tertiary/aromatic N) is 1. The van der Waals surface area contributed by atoms with E-state index in [0.717, 1.165) is 19.3 Å². The Morgan fingerprint density at radius 2 is 2.32 bits per heavy atom. The molecular weight excluding hydrogens is 264 g/mol. The van der Waals surface area contributed by atoms with Crippen molar-refractivity contribution in [2.24, 2.45) is 0 Å². The fourth-order valence-electron chi connectivity index (χ4n) is 2.53. The maximum atomic E-state index is 12.0. The van der Waals surface area contributed by atoms with Crippen LogP contribution in [0, 0.1) is 0 Å². The zero-order chi connectivity index (χ0) is 13.8. The molecule has 1 heterocycles. The normalized spacial score (nSPS) is 22.4. The van der Waals surface area contributed by atoms with Crippen LogP contribution in [0.2, 0.25) is 0 Å². The van der Waals surface area contributed by atoms with Crippen molar-refractivity contribution in [3.8, 4) is 0 Å². The van der Waals surface area contributed by atoms with Gasteiger partial charge in [0.05, 0.1) is 0 Å². The van der Waals surface area contributed by atoms with Gasteiger partial charge in [-0.15, -0.1) is 0 Å². The maximum absolute atomic E-state index is 12.0. The first-order valence-electron chi connectivity index (χ1n) is 6.32. The van der Waals surface area contributed by atoms with E-state index in [1.165, 1.54) is 10.6 Å². The Bertz CT molecular complexity index is 472. The van der Waals surface area contributed by atoms with Crippen molar-refractivity contribution in [1.29, 1.82) is 0 Å². The van der Waals surface area contributed by atoms with Gasteiger partial charge in [0.15, 0.2) is 0 Å². The largest absolute Gasteiger partial charge is 0.477 e. The summed E-state index contributed by atoms with van der Waals surface area (Å²) in [5.41, 5.74) is 0.142. The van der Waals surface area contributed by atoms with Gasteiger partial charge in [0.2, 0.25) is 5.91 Å². The minimum atomic E-state index is -1.01. The Labute approximate surface area is 116 Å². The Hall–Kier alpha value is -1.43. The van der Waals surface area contributed by atoms with E-state index in [2.05, 4.69) is 11.6 Å². The number of rotatable bonds is 5. The van der Waals surface area contributed by atoms with Crippen molar-refractivity contribution in [3.05, 3.63) is 24.0 Å². The summed E-state index contributed by atoms with van der Waals surface area (Å²) in [5, 5.41) is 12.5. The molecule has 1 aliphatic carbocycles. The molecule has 19 heavy (non-hydrogen) atoms. The number of carboxylic acids is 1. The molecule has 104 valence electrons. The molecule has 0 spiro atoms. The van der Waals surface area contributed by atoms with Crippen molar-refractivity contribution in [2.45, 2.75) is 37.1 Å². The third-order valence-corrected chi connectivity index (χ3v) is 4.63. The molecule has 1 aromatic rings. The van der Waals surface area contributed by atoms with Crippen LogP contribution in [0.5, 0.6) is 0 Å². The third kappa shape index (κ3) is 3.32. The minimum Gasteiger partial charge on any atom is -0.477 e. The van der Waals surface area contributed by atoms with Crippen LogP contribution in [0.4, 0.5) is 0 Å². The molecule has 1 saturated carbocycles. The Kier molecular flexibility index (Phi) is 4.52. The van der Waals surface area contributed by atoms with Gasteiger partial charge in [-0.2, -0.15) is 11.8 Å². The summed E-state index contributed by atoms with van der Waals surface area (Å²) in [5.74, 6) is -1.13. The van der Waals surface area contributed by atoms with Gasteiger partial charge >= 0.3 is 5.97 Å². The van der Waals surface area contributed by atoms with Gasteiger partial charge in [-0.25, -0.2) is 4.79 Å². The number of hydrogen-bond donors (Lipinski definition) is 2. The molecule has 0 bridgehead atoms. The SMILES string of the molecule is CSC1CCCC1NC(=O)Cn1cccc1C(=O)O. The summed E-state index contributed by atoms with van der Waals surface area (Å²) in [6, 6.07) is 3.35. The summed E-state index contributed by atoms with van der Waals surface area (Å²) in [6.45, 7) is 0.0617. The first-order valence-corrected chi connectivity index (χ1v) is 7.61. The predicted octanol–water partition coefficient (Wildman–Crippen LogP) is 1.59. The van der Waals surface area contributed by atoms with E-state index >= 15 is 0 Å². The third-order valence-electron chi connectivity index (χ3n) is 3.46. The lowest BCUT2D eigenvalue weighted by Gasteiger charge is -2.19. The highest BCUT2D eigenvalue weighted by Gasteiger charge is 2.27. The van der Waals surface area contributed by atoms with Crippen molar-refractivity contribution >= 4 is 23.6 Å². The molecule has 5 nitrogen and oxygen atoms in total. The number of carbonyl (C=O) groups excluding carboxylic acids is 1. The number of carbonyl (C=O) groups is 2. The van der Waals surface area contributed by atoms with E-state index in [9.17, 15) is 9.59 Å². The average molecular weight is 282 g/mol. The van der Waals surface area contributed by atoms with Gasteiger partial charge in [0.25, 0.3) is 0 Å². The fraction of sp³-hybridized carbons (Fsp3) is 0.538. The number of amides is 1. The highest BCUT2D eigenvalue weighted by Crippen LogP contribution is 2.28. The number of nitrogens with one attached hydrogen (secondary N) is 1. The highest BCUT2D eigenvalue weighted by atomic mass is 32.2. The number of hydrogen-bond acceptors (Lipinski definition) is 3. The van der Waals surface area contributed by atoms with Crippen LogP contribution >= 0.6 is 11.8 Å². The summed E-state index contributed by atoms with van der Waals surface area (Å²) >= 11 is 1.78. The molecule has 0 aromatic carbocycles. The second-order valence-corrected chi connectivity index (χ2v) is 5.78. The van der Waals surface area contributed by atoms with Crippen LogP contribution in [0.15, 0.2) is 18.3 Å². The summed E-state index contributed by atoms with van der Waals surface area (Å²) in [4.78, 5) is 22.9. The number of aromatic carboxylic acids is 1. The molecule has 2 N–H and O–H groups in total. The van der Waals surface area contributed by atoms with Crippen LogP contribution < -0.4 is 5.32 Å². The van der Waals surface area contributed by atoms with Gasteiger partial charge < -0.3 is 15.0 Å². The van der Waals surface area contributed by atoms with Crippen molar-refractivity contribution < 1.29 is 14.7 Å². The molecule has 1 amide bonds. The lowest BCUT2D eigenvalue weighted by atomic mass is 10.2. The second kappa shape index (κ2) is 6.14. The molecule has 6 heteroatoms. The average Bonchev–Trinajstić information content (AvgIpc) is 2.97. The van der Waals surface area contributed by atoms with Crippen LogP contribution in [0.3, 0.4) is 0 Å². The maximum Gasteiger partial charge on any atom is 0.352 e. The van der Waals surface area contributed by atoms with Gasteiger partial charge in [0, 0.05) is 17.5 Å². The van der Waals surface area contributed by atoms with E-state index < -0.39 is 5.97 Å². The summed E-state index contributed by atoms with van der Waals surface area (Å²) in [7, 11) is 0.